The number of amides is 1. The zero-order chi connectivity index (χ0) is 14.5. The summed E-state index contributed by atoms with van der Waals surface area (Å²) >= 11 is 0. The molecule has 0 spiro atoms. The number of aliphatic carboxylic acids is 1. The molecule has 100 valence electrons. The molecule has 0 aliphatic carbocycles. The van der Waals surface area contributed by atoms with Crippen molar-refractivity contribution in [3.05, 3.63) is 42.1 Å². The third-order valence-electron chi connectivity index (χ3n) is 2.77. The Morgan fingerprint density at radius 3 is 2.80 bits per heavy atom. The highest BCUT2D eigenvalue weighted by molar-refractivity contribution is 6.06. The molecule has 0 radical (unpaired) electrons. The summed E-state index contributed by atoms with van der Waals surface area (Å²) < 4.78 is 0. The molecule has 0 bridgehead atoms. The molecule has 2 aromatic rings. The molecular formula is C15H12N2O3. The van der Waals surface area contributed by atoms with Gasteiger partial charge >= 0.3 is 5.97 Å². The zero-order valence-electron chi connectivity index (χ0n) is 10.6. The molecule has 5 heteroatoms. The van der Waals surface area contributed by atoms with Crippen LogP contribution in [0.3, 0.4) is 0 Å². The molecule has 0 saturated carbocycles. The molecule has 0 atom stereocenters. The fourth-order valence-electron chi connectivity index (χ4n) is 1.93. The summed E-state index contributed by atoms with van der Waals surface area (Å²) in [5.74, 6) is 0.780. The Balaban J connectivity index is 2.44. The molecule has 0 aliphatic heterocycles. The largest absolute Gasteiger partial charge is 0.480 e. The fraction of sp³-hybridized carbons (Fsp3) is 0.133. The maximum atomic E-state index is 12.4. The molecule has 2 rings (SSSR count). The van der Waals surface area contributed by atoms with Crippen molar-refractivity contribution in [2.24, 2.45) is 0 Å². The molecule has 5 nitrogen and oxygen atoms in total. The molecule has 1 heterocycles. The quantitative estimate of drug-likeness (QED) is 0.851. The molecule has 0 aliphatic rings. The molecule has 0 fully saturated rings. The van der Waals surface area contributed by atoms with E-state index in [1.165, 1.54) is 0 Å². The number of benzene rings is 1. The lowest BCUT2D eigenvalue weighted by Crippen LogP contribution is -2.36. The lowest BCUT2D eigenvalue weighted by Gasteiger charge is -2.18. The van der Waals surface area contributed by atoms with Crippen molar-refractivity contribution in [3.8, 4) is 12.3 Å². The Bertz CT molecular complexity index is 698. The van der Waals surface area contributed by atoms with E-state index in [9.17, 15) is 9.59 Å². The third kappa shape index (κ3) is 2.75. The lowest BCUT2D eigenvalue weighted by atomic mass is 10.1. The van der Waals surface area contributed by atoms with E-state index >= 15 is 0 Å². The predicted octanol–water partition coefficient (Wildman–Crippen LogP) is 1.39. The fourth-order valence-corrected chi connectivity index (χ4v) is 1.93. The molecule has 0 unspecified atom stereocenters. The van der Waals surface area contributed by atoms with E-state index in [0.717, 1.165) is 4.90 Å². The highest BCUT2D eigenvalue weighted by Gasteiger charge is 2.19. The maximum absolute atomic E-state index is 12.4. The second kappa shape index (κ2) is 5.85. The Morgan fingerprint density at radius 2 is 2.10 bits per heavy atom. The van der Waals surface area contributed by atoms with Gasteiger partial charge in [0, 0.05) is 17.1 Å². The van der Waals surface area contributed by atoms with E-state index in [1.807, 2.05) is 0 Å². The Kier molecular flexibility index (Phi) is 3.96. The van der Waals surface area contributed by atoms with Crippen LogP contribution in [0.5, 0.6) is 0 Å². The van der Waals surface area contributed by atoms with Crippen molar-refractivity contribution in [2.75, 3.05) is 13.1 Å². The molecule has 1 aromatic carbocycles. The molecule has 1 aromatic heterocycles. The first-order chi connectivity index (χ1) is 9.63. The summed E-state index contributed by atoms with van der Waals surface area (Å²) in [6, 6.07) is 8.62. The smallest absolute Gasteiger partial charge is 0.323 e. The van der Waals surface area contributed by atoms with Crippen LogP contribution in [0.25, 0.3) is 10.9 Å². The summed E-state index contributed by atoms with van der Waals surface area (Å²) in [4.78, 5) is 28.5. The number of aromatic nitrogens is 1. The minimum Gasteiger partial charge on any atom is -0.480 e. The molecular weight excluding hydrogens is 256 g/mol. The highest BCUT2D eigenvalue weighted by Crippen LogP contribution is 2.18. The number of carbonyl (C=O) groups is 2. The van der Waals surface area contributed by atoms with E-state index in [-0.39, 0.29) is 6.54 Å². The van der Waals surface area contributed by atoms with Crippen molar-refractivity contribution in [2.45, 2.75) is 0 Å². The predicted molar refractivity (Wildman–Crippen MR) is 74.1 cm³/mol. The van der Waals surface area contributed by atoms with Gasteiger partial charge in [0.05, 0.1) is 12.1 Å². The van der Waals surface area contributed by atoms with Crippen LogP contribution in [0.2, 0.25) is 0 Å². The zero-order valence-corrected chi connectivity index (χ0v) is 10.6. The van der Waals surface area contributed by atoms with Crippen molar-refractivity contribution in [1.29, 1.82) is 0 Å². The average Bonchev–Trinajstić information content (AvgIpc) is 2.45. The standard InChI is InChI=1S/C15H12N2O3/c1-2-9-17(10-14(18)19)15(20)12-5-3-7-13-11(12)6-4-8-16-13/h1,3-8H,9-10H2,(H,18,19). The highest BCUT2D eigenvalue weighted by atomic mass is 16.4. The summed E-state index contributed by atoms with van der Waals surface area (Å²) in [5.41, 5.74) is 1.07. The number of pyridine rings is 1. The second-order valence-electron chi connectivity index (χ2n) is 4.13. The van der Waals surface area contributed by atoms with Crippen LogP contribution >= 0.6 is 0 Å². The van der Waals surface area contributed by atoms with Gasteiger partial charge in [-0.05, 0) is 18.2 Å². The van der Waals surface area contributed by atoms with Gasteiger partial charge in [-0.2, -0.15) is 0 Å². The van der Waals surface area contributed by atoms with Crippen LogP contribution in [0.4, 0.5) is 0 Å². The maximum Gasteiger partial charge on any atom is 0.323 e. The average molecular weight is 268 g/mol. The summed E-state index contributed by atoms with van der Waals surface area (Å²) in [5, 5.41) is 9.52. The number of carbonyl (C=O) groups excluding carboxylic acids is 1. The van der Waals surface area contributed by atoms with E-state index < -0.39 is 18.4 Å². The number of hydrogen-bond acceptors (Lipinski definition) is 3. The molecule has 1 amide bonds. The van der Waals surface area contributed by atoms with Crippen molar-refractivity contribution in [1.82, 2.24) is 9.88 Å². The number of terminal acetylenes is 1. The normalized spacial score (nSPS) is 9.95. The first-order valence-corrected chi connectivity index (χ1v) is 5.91. The van der Waals surface area contributed by atoms with E-state index in [2.05, 4.69) is 10.9 Å². The Morgan fingerprint density at radius 1 is 1.30 bits per heavy atom. The van der Waals surface area contributed by atoms with Crippen LogP contribution in [0.15, 0.2) is 36.5 Å². The van der Waals surface area contributed by atoms with Gasteiger partial charge in [-0.1, -0.05) is 18.1 Å². The number of fused-ring (bicyclic) bond motifs is 1. The van der Waals surface area contributed by atoms with Crippen LogP contribution in [0.1, 0.15) is 10.4 Å². The molecule has 1 N–H and O–H groups in total. The summed E-state index contributed by atoms with van der Waals surface area (Å²) in [7, 11) is 0. The van der Waals surface area contributed by atoms with Gasteiger partial charge in [0.1, 0.15) is 6.54 Å². The van der Waals surface area contributed by atoms with Gasteiger partial charge in [-0.3, -0.25) is 14.6 Å². The van der Waals surface area contributed by atoms with E-state index in [4.69, 9.17) is 11.5 Å². The summed E-state index contributed by atoms with van der Waals surface area (Å²) in [6.07, 6.45) is 6.82. The van der Waals surface area contributed by atoms with Gasteiger partial charge in [0.25, 0.3) is 5.91 Å². The Hall–Kier alpha value is -2.87. The number of carboxylic acid groups (broad SMARTS) is 1. The van der Waals surface area contributed by atoms with Gasteiger partial charge in [-0.15, -0.1) is 6.42 Å². The van der Waals surface area contributed by atoms with Crippen molar-refractivity contribution in [3.63, 3.8) is 0 Å². The van der Waals surface area contributed by atoms with Crippen molar-refractivity contribution >= 4 is 22.8 Å². The van der Waals surface area contributed by atoms with Crippen molar-refractivity contribution < 1.29 is 14.7 Å². The summed E-state index contributed by atoms with van der Waals surface area (Å²) in [6.45, 7) is -0.485. The first kappa shape index (κ1) is 13.6. The lowest BCUT2D eigenvalue weighted by molar-refractivity contribution is -0.137. The van der Waals surface area contributed by atoms with Gasteiger partial charge in [0.15, 0.2) is 0 Å². The number of hydrogen-bond donors (Lipinski definition) is 1. The number of carboxylic acids is 1. The third-order valence-corrected chi connectivity index (χ3v) is 2.77. The molecule has 0 saturated heterocycles. The van der Waals surface area contributed by atoms with Gasteiger partial charge < -0.3 is 10.0 Å². The van der Waals surface area contributed by atoms with Crippen LogP contribution in [-0.4, -0.2) is 40.0 Å². The minimum atomic E-state index is -1.10. The molecule has 20 heavy (non-hydrogen) atoms. The number of nitrogens with zero attached hydrogens (tertiary/aromatic N) is 2. The van der Waals surface area contributed by atoms with E-state index in [1.54, 1.807) is 36.5 Å². The Labute approximate surface area is 115 Å². The first-order valence-electron chi connectivity index (χ1n) is 5.91. The van der Waals surface area contributed by atoms with Crippen LogP contribution < -0.4 is 0 Å². The van der Waals surface area contributed by atoms with Gasteiger partial charge in [-0.25, -0.2) is 0 Å². The SMILES string of the molecule is C#CCN(CC(=O)O)C(=O)c1cccc2ncccc12. The van der Waals surface area contributed by atoms with E-state index in [0.29, 0.717) is 16.5 Å². The minimum absolute atomic E-state index is 0.0538. The van der Waals surface area contributed by atoms with Crippen LogP contribution in [0, 0.1) is 12.3 Å². The second-order valence-corrected chi connectivity index (χ2v) is 4.13. The van der Waals surface area contributed by atoms with Gasteiger partial charge in [0.2, 0.25) is 0 Å². The monoisotopic (exact) mass is 268 g/mol. The number of rotatable bonds is 4. The topological polar surface area (TPSA) is 70.5 Å². The van der Waals surface area contributed by atoms with Crippen LogP contribution in [-0.2, 0) is 4.79 Å².